The summed E-state index contributed by atoms with van der Waals surface area (Å²) in [5, 5.41) is 3.13. The maximum atomic E-state index is 12.1. The lowest BCUT2D eigenvalue weighted by atomic mass is 10.3. The number of benzene rings is 1. The number of carbonyl (C=O) groups is 2. The third-order valence-corrected chi connectivity index (χ3v) is 2.35. The zero-order valence-corrected chi connectivity index (χ0v) is 10.3. The first-order chi connectivity index (χ1) is 8.11. The summed E-state index contributed by atoms with van der Waals surface area (Å²) in [7, 11) is 3.52. The molecule has 5 nitrogen and oxygen atoms in total. The van der Waals surface area contributed by atoms with E-state index in [-0.39, 0.29) is 6.03 Å². The van der Waals surface area contributed by atoms with Crippen molar-refractivity contribution in [2.75, 3.05) is 25.5 Å². The van der Waals surface area contributed by atoms with E-state index in [0.717, 1.165) is 4.90 Å². The molecule has 0 unspecified atom stereocenters. The molecular formula is C12H17N3O2. The summed E-state index contributed by atoms with van der Waals surface area (Å²) in [5.41, 5.74) is 0.563. The third kappa shape index (κ3) is 3.04. The normalized spacial score (nSPS) is 10.1. The van der Waals surface area contributed by atoms with Crippen molar-refractivity contribution in [1.82, 2.24) is 10.0 Å². The number of hydrogen-bond acceptors (Lipinski definition) is 3. The number of hydrogen-bond donors (Lipinski definition) is 0. The molecule has 0 saturated carbocycles. The van der Waals surface area contributed by atoms with Gasteiger partial charge in [0.2, 0.25) is 6.41 Å². The van der Waals surface area contributed by atoms with Crippen molar-refractivity contribution < 1.29 is 9.59 Å². The number of para-hydroxylation sites is 1. The van der Waals surface area contributed by atoms with Crippen LogP contribution in [0.2, 0.25) is 0 Å². The fourth-order valence-corrected chi connectivity index (χ4v) is 1.52. The molecule has 92 valence electrons. The summed E-state index contributed by atoms with van der Waals surface area (Å²) in [5.74, 6) is 0. The summed E-state index contributed by atoms with van der Waals surface area (Å²) in [6.07, 6.45) is 0.532. The lowest BCUT2D eigenvalue weighted by Crippen LogP contribution is -2.49. The molecule has 0 aliphatic rings. The molecule has 1 aromatic carbocycles. The predicted octanol–water partition coefficient (Wildman–Crippen LogP) is 1.57. The van der Waals surface area contributed by atoms with Crippen LogP contribution in [0.1, 0.15) is 6.92 Å². The summed E-state index contributed by atoms with van der Waals surface area (Å²) in [4.78, 5) is 24.3. The minimum absolute atomic E-state index is 0.362. The van der Waals surface area contributed by atoms with Gasteiger partial charge in [-0.15, -0.1) is 0 Å². The Bertz CT molecular complexity index is 379. The van der Waals surface area contributed by atoms with Gasteiger partial charge in [-0.1, -0.05) is 18.2 Å². The molecule has 0 saturated heterocycles. The Morgan fingerprint density at radius 3 is 2.24 bits per heavy atom. The highest BCUT2D eigenvalue weighted by Crippen LogP contribution is 2.13. The fraction of sp³-hybridized carbons (Fsp3) is 0.333. The van der Waals surface area contributed by atoms with Gasteiger partial charge in [0, 0.05) is 20.6 Å². The predicted molar refractivity (Wildman–Crippen MR) is 66.4 cm³/mol. The van der Waals surface area contributed by atoms with E-state index in [0.29, 0.717) is 18.6 Å². The second-order valence-electron chi connectivity index (χ2n) is 3.66. The first-order valence-corrected chi connectivity index (χ1v) is 5.40. The van der Waals surface area contributed by atoms with E-state index in [1.54, 1.807) is 43.4 Å². The number of rotatable bonds is 4. The monoisotopic (exact) mass is 235 g/mol. The average molecular weight is 235 g/mol. The largest absolute Gasteiger partial charge is 0.345 e. The number of amides is 3. The van der Waals surface area contributed by atoms with Crippen LogP contribution in [0, 0.1) is 0 Å². The van der Waals surface area contributed by atoms with E-state index < -0.39 is 0 Å². The summed E-state index contributed by atoms with van der Waals surface area (Å²) >= 11 is 0. The van der Waals surface area contributed by atoms with E-state index >= 15 is 0 Å². The molecule has 0 bridgehead atoms. The molecule has 0 radical (unpaired) electrons. The zero-order valence-electron chi connectivity index (χ0n) is 10.3. The second-order valence-corrected chi connectivity index (χ2v) is 3.66. The van der Waals surface area contributed by atoms with Crippen molar-refractivity contribution in [3.8, 4) is 0 Å². The van der Waals surface area contributed by atoms with Gasteiger partial charge in [-0.2, -0.15) is 0 Å². The van der Waals surface area contributed by atoms with Crippen LogP contribution < -0.4 is 4.90 Å². The van der Waals surface area contributed by atoms with Crippen LogP contribution in [0.15, 0.2) is 30.3 Å². The van der Waals surface area contributed by atoms with Gasteiger partial charge in [-0.3, -0.25) is 9.80 Å². The maximum Gasteiger partial charge on any atom is 0.345 e. The van der Waals surface area contributed by atoms with Crippen molar-refractivity contribution >= 4 is 18.1 Å². The Morgan fingerprint density at radius 1 is 1.24 bits per heavy atom. The molecular weight excluding hydrogens is 218 g/mol. The zero-order chi connectivity index (χ0) is 12.8. The van der Waals surface area contributed by atoms with Crippen molar-refractivity contribution in [3.63, 3.8) is 0 Å². The summed E-state index contributed by atoms with van der Waals surface area (Å²) in [6.45, 7) is 2.36. The molecule has 0 aromatic heterocycles. The van der Waals surface area contributed by atoms with E-state index in [1.807, 2.05) is 13.0 Å². The third-order valence-electron chi connectivity index (χ3n) is 2.35. The van der Waals surface area contributed by atoms with Gasteiger partial charge in [-0.25, -0.2) is 14.7 Å². The van der Waals surface area contributed by atoms with Crippen LogP contribution in [0.4, 0.5) is 10.5 Å². The molecule has 1 rings (SSSR count). The van der Waals surface area contributed by atoms with Gasteiger partial charge >= 0.3 is 6.03 Å². The fourth-order valence-electron chi connectivity index (χ4n) is 1.52. The van der Waals surface area contributed by atoms with Crippen LogP contribution in [-0.4, -0.2) is 43.1 Å². The Hall–Kier alpha value is -1.88. The number of imide groups is 1. The van der Waals surface area contributed by atoms with E-state index in [4.69, 9.17) is 0 Å². The smallest absolute Gasteiger partial charge is 0.278 e. The van der Waals surface area contributed by atoms with Gasteiger partial charge in [0.05, 0.1) is 5.69 Å². The van der Waals surface area contributed by atoms with Gasteiger partial charge in [-0.05, 0) is 19.1 Å². The highest BCUT2D eigenvalue weighted by molar-refractivity contribution is 6.05. The number of anilines is 1. The lowest BCUT2D eigenvalue weighted by Gasteiger charge is -2.30. The molecule has 3 amide bonds. The summed E-state index contributed by atoms with van der Waals surface area (Å²) < 4.78 is 0. The maximum absolute atomic E-state index is 12.1. The molecule has 0 aliphatic carbocycles. The number of hydrazine groups is 1. The quantitative estimate of drug-likeness (QED) is 0.587. The van der Waals surface area contributed by atoms with E-state index in [1.165, 1.54) is 5.01 Å². The summed E-state index contributed by atoms with van der Waals surface area (Å²) in [6, 6.07) is 8.47. The SMILES string of the molecule is CCN(C(=O)N(C=O)c1ccccc1)N(C)C. The highest BCUT2D eigenvalue weighted by Gasteiger charge is 2.22. The molecule has 0 N–H and O–H groups in total. The van der Waals surface area contributed by atoms with E-state index in [9.17, 15) is 9.59 Å². The van der Waals surface area contributed by atoms with Crippen molar-refractivity contribution in [1.29, 1.82) is 0 Å². The van der Waals surface area contributed by atoms with Crippen LogP contribution in [0.3, 0.4) is 0 Å². The average Bonchev–Trinajstić information content (AvgIpc) is 2.31. The standard InChI is InChI=1S/C12H17N3O2/c1-4-15(13(2)3)12(17)14(10-16)11-8-6-5-7-9-11/h5-10H,4H2,1-3H3. The van der Waals surface area contributed by atoms with Crippen LogP contribution in [-0.2, 0) is 4.79 Å². The molecule has 0 spiro atoms. The van der Waals surface area contributed by atoms with Crippen molar-refractivity contribution in [3.05, 3.63) is 30.3 Å². The molecule has 0 heterocycles. The van der Waals surface area contributed by atoms with Crippen LogP contribution >= 0.6 is 0 Å². The van der Waals surface area contributed by atoms with Gasteiger partial charge < -0.3 is 0 Å². The molecule has 1 aromatic rings. The van der Waals surface area contributed by atoms with Crippen LogP contribution in [0.25, 0.3) is 0 Å². The molecule has 5 heteroatoms. The lowest BCUT2D eigenvalue weighted by molar-refractivity contribution is -0.107. The topological polar surface area (TPSA) is 43.9 Å². The first-order valence-electron chi connectivity index (χ1n) is 5.40. The minimum Gasteiger partial charge on any atom is -0.278 e. The number of nitrogens with zero attached hydrogens (tertiary/aromatic N) is 3. The highest BCUT2D eigenvalue weighted by atomic mass is 16.2. The molecule has 0 aliphatic heterocycles. The Labute approximate surface area is 101 Å². The molecule has 0 fully saturated rings. The Kier molecular flexibility index (Phi) is 4.66. The van der Waals surface area contributed by atoms with E-state index in [2.05, 4.69) is 0 Å². The first kappa shape index (κ1) is 13.2. The van der Waals surface area contributed by atoms with Crippen LogP contribution in [0.5, 0.6) is 0 Å². The molecule has 17 heavy (non-hydrogen) atoms. The Morgan fingerprint density at radius 2 is 1.82 bits per heavy atom. The Balaban J connectivity index is 2.95. The number of urea groups is 1. The van der Waals surface area contributed by atoms with Gasteiger partial charge in [0.25, 0.3) is 0 Å². The minimum atomic E-state index is -0.362. The van der Waals surface area contributed by atoms with Crippen molar-refractivity contribution in [2.45, 2.75) is 6.92 Å². The second kappa shape index (κ2) is 6.00. The van der Waals surface area contributed by atoms with Gasteiger partial charge in [0.1, 0.15) is 0 Å². The van der Waals surface area contributed by atoms with Gasteiger partial charge in [0.15, 0.2) is 0 Å². The molecule has 0 atom stereocenters. The van der Waals surface area contributed by atoms with Crippen molar-refractivity contribution in [2.24, 2.45) is 0 Å². The number of carbonyl (C=O) groups excluding carboxylic acids is 2.